The normalized spacial score (nSPS) is 17.4. The van der Waals surface area contributed by atoms with Crippen molar-refractivity contribution in [3.05, 3.63) is 53.6 Å². The van der Waals surface area contributed by atoms with Crippen molar-refractivity contribution in [2.45, 2.75) is 26.7 Å². The van der Waals surface area contributed by atoms with Gasteiger partial charge in [-0.05, 0) is 57.0 Å². The van der Waals surface area contributed by atoms with Crippen molar-refractivity contribution in [3.63, 3.8) is 0 Å². The van der Waals surface area contributed by atoms with Gasteiger partial charge in [0.1, 0.15) is 0 Å². The Bertz CT molecular complexity index is 1330. The molecule has 3 aromatic rings. The van der Waals surface area contributed by atoms with E-state index in [0.29, 0.717) is 53.6 Å². The molecular weight excluding hydrogens is 478 g/mol. The summed E-state index contributed by atoms with van der Waals surface area (Å²) in [7, 11) is 0. The second-order valence-electron chi connectivity index (χ2n) is 8.90. The number of imide groups is 1. The van der Waals surface area contributed by atoms with Crippen LogP contribution < -0.4 is 10.2 Å². The Morgan fingerprint density at radius 2 is 1.78 bits per heavy atom. The van der Waals surface area contributed by atoms with E-state index in [1.165, 1.54) is 11.3 Å². The van der Waals surface area contributed by atoms with Crippen LogP contribution in [0.3, 0.4) is 0 Å². The van der Waals surface area contributed by atoms with Crippen molar-refractivity contribution in [2.75, 3.05) is 36.4 Å². The van der Waals surface area contributed by atoms with E-state index in [1.807, 2.05) is 18.7 Å². The van der Waals surface area contributed by atoms with Gasteiger partial charge in [-0.15, -0.1) is 0 Å². The number of hydrogen-bond donors (Lipinski definition) is 1. The number of nitrogens with one attached hydrogen (secondary N) is 1. The Morgan fingerprint density at radius 3 is 2.44 bits per heavy atom. The minimum atomic E-state index is -0.387. The lowest BCUT2D eigenvalue weighted by Gasteiger charge is -2.34. The first-order chi connectivity index (χ1) is 17.4. The molecule has 0 saturated carbocycles. The van der Waals surface area contributed by atoms with Crippen LogP contribution in [0, 0.1) is 5.92 Å². The number of fused-ring (bicyclic) bond motifs is 2. The molecule has 0 unspecified atom stereocenters. The van der Waals surface area contributed by atoms with Crippen LogP contribution in [0.4, 0.5) is 15.6 Å². The summed E-state index contributed by atoms with van der Waals surface area (Å²) < 4.78 is 0.743. The zero-order chi connectivity index (χ0) is 25.4. The number of amides is 5. The predicted molar refractivity (Wildman–Crippen MR) is 138 cm³/mol. The van der Waals surface area contributed by atoms with Crippen LogP contribution in [0.2, 0.25) is 0 Å². The van der Waals surface area contributed by atoms with Crippen LogP contribution in [-0.4, -0.2) is 64.7 Å². The zero-order valence-electron chi connectivity index (χ0n) is 20.2. The Labute approximate surface area is 212 Å². The molecule has 0 radical (unpaired) electrons. The van der Waals surface area contributed by atoms with Gasteiger partial charge in [0, 0.05) is 31.9 Å². The Morgan fingerprint density at radius 1 is 1.08 bits per heavy atom. The predicted octanol–water partition coefficient (Wildman–Crippen LogP) is 4.21. The zero-order valence-corrected chi connectivity index (χ0v) is 21.0. The number of nitrogens with zero attached hydrogens (tertiary/aromatic N) is 4. The Hall–Kier alpha value is -3.79. The van der Waals surface area contributed by atoms with Crippen molar-refractivity contribution in [1.82, 2.24) is 14.8 Å². The number of thiazole rings is 1. The number of carbonyl (C=O) groups is 4. The summed E-state index contributed by atoms with van der Waals surface area (Å²) in [6.07, 6.45) is 1.56. The van der Waals surface area contributed by atoms with E-state index in [2.05, 4.69) is 10.3 Å². The van der Waals surface area contributed by atoms with Crippen LogP contribution in [0.1, 0.15) is 47.4 Å². The highest BCUT2D eigenvalue weighted by molar-refractivity contribution is 7.22. The van der Waals surface area contributed by atoms with Gasteiger partial charge in [0.15, 0.2) is 0 Å². The molecule has 1 aromatic heterocycles. The summed E-state index contributed by atoms with van der Waals surface area (Å²) >= 11 is 1.22. The van der Waals surface area contributed by atoms with E-state index in [4.69, 9.17) is 0 Å². The molecule has 9 nitrogen and oxygen atoms in total. The van der Waals surface area contributed by atoms with E-state index < -0.39 is 0 Å². The third kappa shape index (κ3) is 4.21. The van der Waals surface area contributed by atoms with Crippen LogP contribution in [0.15, 0.2) is 42.5 Å². The second-order valence-corrected chi connectivity index (χ2v) is 9.91. The number of anilines is 2. The van der Waals surface area contributed by atoms with Gasteiger partial charge in [-0.25, -0.2) is 14.7 Å². The number of hydrogen-bond acceptors (Lipinski definition) is 6. The molecule has 2 aromatic carbocycles. The number of likely N-dealkylation sites (tertiary alicyclic amines) is 1. The van der Waals surface area contributed by atoms with E-state index >= 15 is 0 Å². The van der Waals surface area contributed by atoms with Crippen molar-refractivity contribution in [2.24, 2.45) is 5.92 Å². The first kappa shape index (κ1) is 23.9. The highest BCUT2D eigenvalue weighted by atomic mass is 32.1. The molecule has 0 bridgehead atoms. The molecule has 1 fully saturated rings. The van der Waals surface area contributed by atoms with Crippen molar-refractivity contribution in [1.29, 1.82) is 0 Å². The number of aromatic nitrogens is 1. The largest absolute Gasteiger partial charge is 0.343 e. The minimum Gasteiger partial charge on any atom is -0.343 e. The van der Waals surface area contributed by atoms with Crippen LogP contribution in [0.25, 0.3) is 10.2 Å². The van der Waals surface area contributed by atoms with E-state index in [-0.39, 0.29) is 29.7 Å². The molecule has 36 heavy (non-hydrogen) atoms. The molecule has 1 saturated heterocycles. The third-order valence-electron chi connectivity index (χ3n) is 6.75. The van der Waals surface area contributed by atoms with E-state index in [9.17, 15) is 19.2 Å². The van der Waals surface area contributed by atoms with Crippen LogP contribution >= 0.6 is 11.3 Å². The molecule has 1 N–H and O–H groups in total. The van der Waals surface area contributed by atoms with Gasteiger partial charge < -0.3 is 15.1 Å². The summed E-state index contributed by atoms with van der Waals surface area (Å²) in [4.78, 5) is 60.5. The Kier molecular flexibility index (Phi) is 6.44. The third-order valence-corrected chi connectivity index (χ3v) is 7.75. The Balaban J connectivity index is 1.30. The molecule has 186 valence electrons. The lowest BCUT2D eigenvalue weighted by molar-refractivity contribution is -0.136. The standard InChI is InChI=1S/C26H27N5O4S/c1-3-29(4-2)22(32)16-8-7-13-30(15-16)25(35)27-17-11-12-20-21(14-17)36-26(28-20)31-23(33)18-9-5-6-10-19(18)24(31)34/h5-6,9-12,14,16H,3-4,7-8,13,15H2,1-2H3,(H,27,35)/t16-/m1/s1. The lowest BCUT2D eigenvalue weighted by Crippen LogP contribution is -2.47. The summed E-state index contributed by atoms with van der Waals surface area (Å²) in [5, 5.41) is 3.22. The summed E-state index contributed by atoms with van der Waals surface area (Å²) in [5.74, 6) is -0.857. The van der Waals surface area contributed by atoms with Gasteiger partial charge in [-0.3, -0.25) is 14.4 Å². The number of carbonyl (C=O) groups excluding carboxylic acids is 4. The molecule has 0 spiro atoms. The maximum Gasteiger partial charge on any atom is 0.321 e. The number of urea groups is 1. The van der Waals surface area contributed by atoms with Crippen LogP contribution in [-0.2, 0) is 4.79 Å². The maximum atomic E-state index is 13.0. The van der Waals surface area contributed by atoms with Gasteiger partial charge in [0.2, 0.25) is 11.0 Å². The van der Waals surface area contributed by atoms with E-state index in [1.54, 1.807) is 47.4 Å². The summed E-state index contributed by atoms with van der Waals surface area (Å²) in [6, 6.07) is 11.8. The fourth-order valence-electron chi connectivity index (χ4n) is 4.81. The highest BCUT2D eigenvalue weighted by Gasteiger charge is 2.38. The van der Waals surface area contributed by atoms with Gasteiger partial charge >= 0.3 is 6.03 Å². The monoisotopic (exact) mass is 505 g/mol. The molecule has 5 rings (SSSR count). The lowest BCUT2D eigenvalue weighted by atomic mass is 9.96. The molecule has 5 amide bonds. The molecule has 2 aliphatic rings. The van der Waals surface area contributed by atoms with Gasteiger partial charge in [-0.1, -0.05) is 23.5 Å². The quantitative estimate of drug-likeness (QED) is 0.524. The number of benzene rings is 2. The first-order valence-corrected chi connectivity index (χ1v) is 13.0. The topological polar surface area (TPSA) is 103 Å². The smallest absolute Gasteiger partial charge is 0.321 e. The SMILES string of the molecule is CCN(CC)C(=O)[C@@H]1CCCN(C(=O)Nc2ccc3nc(N4C(=O)c5ccccc5C4=O)sc3c2)C1. The maximum absolute atomic E-state index is 13.0. The van der Waals surface area contributed by atoms with Gasteiger partial charge in [-0.2, -0.15) is 0 Å². The van der Waals surface area contributed by atoms with Crippen molar-refractivity contribution < 1.29 is 19.2 Å². The summed E-state index contributed by atoms with van der Waals surface area (Å²) in [5.41, 5.74) is 1.96. The van der Waals surface area contributed by atoms with Crippen molar-refractivity contribution in [3.8, 4) is 0 Å². The fraction of sp³-hybridized carbons (Fsp3) is 0.346. The first-order valence-electron chi connectivity index (χ1n) is 12.1. The minimum absolute atomic E-state index is 0.101. The molecule has 1 atom stereocenters. The molecule has 2 aliphatic heterocycles. The number of rotatable bonds is 5. The van der Waals surface area contributed by atoms with Crippen molar-refractivity contribution >= 4 is 56.1 Å². The average Bonchev–Trinajstić information content (AvgIpc) is 3.42. The summed E-state index contributed by atoms with van der Waals surface area (Å²) in [6.45, 7) is 6.24. The van der Waals surface area contributed by atoms with Gasteiger partial charge in [0.05, 0.1) is 27.3 Å². The molecule has 0 aliphatic carbocycles. The average molecular weight is 506 g/mol. The van der Waals surface area contributed by atoms with Gasteiger partial charge in [0.25, 0.3) is 11.8 Å². The second kappa shape index (κ2) is 9.69. The molecule has 10 heteroatoms. The fourth-order valence-corrected chi connectivity index (χ4v) is 5.81. The molecule has 3 heterocycles. The van der Waals surface area contributed by atoms with Crippen LogP contribution in [0.5, 0.6) is 0 Å². The highest BCUT2D eigenvalue weighted by Crippen LogP contribution is 2.35. The number of piperidine rings is 1. The molecular formula is C26H27N5O4S. The van der Waals surface area contributed by atoms with E-state index in [0.717, 1.165) is 22.4 Å².